The molecule has 3 aliphatic rings. The molecule has 3 amide bonds. The number of rotatable bonds is 4. The second kappa shape index (κ2) is 9.26. The number of ether oxygens (including phenoxy) is 1. The summed E-state index contributed by atoms with van der Waals surface area (Å²) in [5.41, 5.74) is 3.00. The number of anilines is 2. The third kappa shape index (κ3) is 4.39. The fourth-order valence-electron chi connectivity index (χ4n) is 4.94. The first-order valence-corrected chi connectivity index (χ1v) is 12.9. The number of carbonyl (C=O) groups excluding carboxylic acids is 2. The van der Waals surface area contributed by atoms with Crippen LogP contribution in [0.15, 0.2) is 72.3 Å². The lowest BCUT2D eigenvalue weighted by Crippen LogP contribution is -2.60. The van der Waals surface area contributed by atoms with Crippen molar-refractivity contribution < 1.29 is 23.6 Å². The molecular formula is C30H27BN4O5. The standard InChI is InChI=1S/C30H27BN4O5/c1-29(2)30(3,4)40-31(39-29)20-6-5-7-23(16-20)38-22-12-10-21(11-13-22)35-25-14-18(17-32)8-9-19(25)15-24-26(35)33-28(37)34-27(24)36/h5-16,26H,1-4H3,(H2,33,34,36,37). The Bertz CT molecular complexity index is 1590. The van der Waals surface area contributed by atoms with Crippen molar-refractivity contribution in [2.45, 2.75) is 45.1 Å². The highest BCUT2D eigenvalue weighted by molar-refractivity contribution is 6.62. The van der Waals surface area contributed by atoms with E-state index >= 15 is 0 Å². The van der Waals surface area contributed by atoms with Crippen molar-refractivity contribution in [2.75, 3.05) is 4.90 Å². The van der Waals surface area contributed by atoms with Crippen LogP contribution in [0.1, 0.15) is 38.8 Å². The number of benzene rings is 3. The smallest absolute Gasteiger partial charge is 0.457 e. The van der Waals surface area contributed by atoms with Crippen LogP contribution in [0.2, 0.25) is 0 Å². The molecule has 0 saturated carbocycles. The summed E-state index contributed by atoms with van der Waals surface area (Å²) in [5, 5.41) is 14.6. The fourth-order valence-corrected chi connectivity index (χ4v) is 4.94. The number of urea groups is 1. The summed E-state index contributed by atoms with van der Waals surface area (Å²) >= 11 is 0. The van der Waals surface area contributed by atoms with Crippen LogP contribution in [0, 0.1) is 11.3 Å². The molecule has 0 aliphatic carbocycles. The number of fused-ring (bicyclic) bond motifs is 2. The van der Waals surface area contributed by atoms with Gasteiger partial charge < -0.3 is 24.3 Å². The third-order valence-electron chi connectivity index (χ3n) is 7.77. The molecular weight excluding hydrogens is 507 g/mol. The van der Waals surface area contributed by atoms with Crippen LogP contribution in [-0.4, -0.2) is 36.4 Å². The Morgan fingerprint density at radius 1 is 0.950 bits per heavy atom. The average Bonchev–Trinajstić information content (AvgIpc) is 3.14. The maximum absolute atomic E-state index is 12.6. The molecule has 0 bridgehead atoms. The summed E-state index contributed by atoms with van der Waals surface area (Å²) in [7, 11) is -0.501. The van der Waals surface area contributed by atoms with Gasteiger partial charge in [-0.3, -0.25) is 10.1 Å². The molecule has 0 radical (unpaired) electrons. The zero-order valence-electron chi connectivity index (χ0n) is 22.5. The largest absolute Gasteiger partial charge is 0.494 e. The molecule has 3 heterocycles. The van der Waals surface area contributed by atoms with Crippen molar-refractivity contribution in [3.63, 3.8) is 0 Å². The third-order valence-corrected chi connectivity index (χ3v) is 7.77. The number of imide groups is 1. The van der Waals surface area contributed by atoms with Gasteiger partial charge in [0.25, 0.3) is 5.91 Å². The first-order chi connectivity index (χ1) is 19.0. The Kier molecular flexibility index (Phi) is 5.95. The van der Waals surface area contributed by atoms with Crippen LogP contribution >= 0.6 is 0 Å². The van der Waals surface area contributed by atoms with Crippen molar-refractivity contribution >= 4 is 42.0 Å². The van der Waals surface area contributed by atoms with Gasteiger partial charge in [-0.05, 0) is 93.3 Å². The predicted octanol–water partition coefficient (Wildman–Crippen LogP) is 4.35. The van der Waals surface area contributed by atoms with Gasteiger partial charge in [-0.15, -0.1) is 0 Å². The van der Waals surface area contributed by atoms with Gasteiger partial charge >= 0.3 is 13.1 Å². The minimum atomic E-state index is -0.731. The van der Waals surface area contributed by atoms with Gasteiger partial charge in [-0.2, -0.15) is 5.26 Å². The minimum absolute atomic E-state index is 0.400. The Morgan fingerprint density at radius 3 is 2.38 bits per heavy atom. The lowest BCUT2D eigenvalue weighted by molar-refractivity contribution is -0.117. The van der Waals surface area contributed by atoms with Gasteiger partial charge in [-0.25, -0.2) is 4.79 Å². The van der Waals surface area contributed by atoms with Crippen LogP contribution < -0.4 is 25.7 Å². The molecule has 9 nitrogen and oxygen atoms in total. The van der Waals surface area contributed by atoms with E-state index in [2.05, 4.69) is 16.7 Å². The van der Waals surface area contributed by atoms with E-state index in [9.17, 15) is 14.9 Å². The van der Waals surface area contributed by atoms with Crippen LogP contribution in [0.5, 0.6) is 11.5 Å². The first kappa shape index (κ1) is 25.7. The van der Waals surface area contributed by atoms with Crippen molar-refractivity contribution in [1.82, 2.24) is 10.6 Å². The molecule has 1 unspecified atom stereocenters. The van der Waals surface area contributed by atoms with E-state index in [1.54, 1.807) is 24.3 Å². The van der Waals surface area contributed by atoms with Crippen molar-refractivity contribution in [3.8, 4) is 17.6 Å². The van der Waals surface area contributed by atoms with Crippen LogP contribution in [0.4, 0.5) is 16.2 Å². The molecule has 3 aliphatic heterocycles. The average molecular weight is 534 g/mol. The number of nitrogens with zero attached hydrogens (tertiary/aromatic N) is 2. The molecule has 10 heteroatoms. The minimum Gasteiger partial charge on any atom is -0.457 e. The summed E-state index contributed by atoms with van der Waals surface area (Å²) in [5.74, 6) is 0.762. The Morgan fingerprint density at radius 2 is 1.68 bits per heavy atom. The Labute approximate surface area is 232 Å². The molecule has 1 atom stereocenters. The highest BCUT2D eigenvalue weighted by Gasteiger charge is 2.51. The number of nitrogens with one attached hydrogen (secondary N) is 2. The Hall–Kier alpha value is -4.59. The van der Waals surface area contributed by atoms with E-state index in [-0.39, 0.29) is 0 Å². The number of hydrogen-bond acceptors (Lipinski definition) is 7. The van der Waals surface area contributed by atoms with Gasteiger partial charge in [0.05, 0.1) is 34.1 Å². The van der Waals surface area contributed by atoms with Crippen molar-refractivity contribution in [1.29, 1.82) is 5.26 Å². The van der Waals surface area contributed by atoms with Gasteiger partial charge in [0.15, 0.2) is 0 Å². The van der Waals surface area contributed by atoms with Crippen molar-refractivity contribution in [3.05, 3.63) is 83.4 Å². The highest BCUT2D eigenvalue weighted by atomic mass is 16.7. The van der Waals surface area contributed by atoms with Gasteiger partial charge in [0, 0.05) is 5.69 Å². The fraction of sp³-hybridized carbons (Fsp3) is 0.233. The van der Waals surface area contributed by atoms with E-state index in [0.717, 1.165) is 11.0 Å². The summed E-state index contributed by atoms with van der Waals surface area (Å²) < 4.78 is 18.5. The maximum atomic E-state index is 12.6. The first-order valence-electron chi connectivity index (χ1n) is 12.9. The second-order valence-electron chi connectivity index (χ2n) is 10.9. The van der Waals surface area contributed by atoms with E-state index in [1.807, 2.05) is 81.1 Å². The molecule has 0 aromatic heterocycles. The number of amides is 3. The molecule has 3 aromatic rings. The van der Waals surface area contributed by atoms with Crippen molar-refractivity contribution in [2.24, 2.45) is 0 Å². The molecule has 0 spiro atoms. The SMILES string of the molecule is CC1(C)OB(c2cccc(Oc3ccc(N4c5cc(C#N)ccc5C=C5C(=O)NC(=O)NC54)cc3)c2)OC1(C)C. The van der Waals surface area contributed by atoms with Crippen LogP contribution in [0.25, 0.3) is 6.08 Å². The number of carbonyl (C=O) groups is 2. The van der Waals surface area contributed by atoms with Gasteiger partial charge in [0.1, 0.15) is 17.7 Å². The number of nitriles is 1. The normalized spacial score (nSPS) is 20.5. The molecule has 6 rings (SSSR count). The summed E-state index contributed by atoms with van der Waals surface area (Å²) in [6, 6.07) is 21.7. The van der Waals surface area contributed by atoms with E-state index in [4.69, 9.17) is 14.0 Å². The lowest BCUT2D eigenvalue weighted by Gasteiger charge is -2.41. The molecule has 3 aromatic carbocycles. The van der Waals surface area contributed by atoms with Gasteiger partial charge in [0.2, 0.25) is 0 Å². The van der Waals surface area contributed by atoms with E-state index < -0.39 is 36.4 Å². The monoisotopic (exact) mass is 534 g/mol. The lowest BCUT2D eigenvalue weighted by atomic mass is 9.79. The molecule has 2 N–H and O–H groups in total. The molecule has 2 fully saturated rings. The molecule has 200 valence electrons. The van der Waals surface area contributed by atoms with E-state index in [1.165, 1.54) is 0 Å². The zero-order chi connectivity index (χ0) is 28.2. The summed E-state index contributed by atoms with van der Waals surface area (Å²) in [6.07, 6.45) is 1.00. The maximum Gasteiger partial charge on any atom is 0.494 e. The zero-order valence-corrected chi connectivity index (χ0v) is 22.5. The second-order valence-corrected chi connectivity index (χ2v) is 10.9. The van der Waals surface area contributed by atoms with Crippen LogP contribution in [-0.2, 0) is 14.1 Å². The number of hydrogen-bond donors (Lipinski definition) is 2. The Balaban J connectivity index is 1.28. The van der Waals surface area contributed by atoms with Crippen LogP contribution in [0.3, 0.4) is 0 Å². The highest BCUT2D eigenvalue weighted by Crippen LogP contribution is 2.40. The van der Waals surface area contributed by atoms with E-state index in [0.29, 0.717) is 34.0 Å². The summed E-state index contributed by atoms with van der Waals surface area (Å²) in [6.45, 7) is 8.06. The molecule has 2 saturated heterocycles. The predicted molar refractivity (Wildman–Crippen MR) is 150 cm³/mol. The summed E-state index contributed by atoms with van der Waals surface area (Å²) in [4.78, 5) is 26.7. The molecule has 40 heavy (non-hydrogen) atoms. The quantitative estimate of drug-likeness (QED) is 0.479. The van der Waals surface area contributed by atoms with Gasteiger partial charge in [-0.1, -0.05) is 18.2 Å². The topological polar surface area (TPSA) is 113 Å².